The van der Waals surface area contributed by atoms with Crippen LogP contribution in [-0.4, -0.2) is 57.4 Å². The van der Waals surface area contributed by atoms with Crippen LogP contribution in [0.5, 0.6) is 0 Å². The van der Waals surface area contributed by atoms with E-state index in [9.17, 15) is 27.6 Å². The molecule has 0 spiro atoms. The molecule has 0 radical (unpaired) electrons. The molecule has 0 saturated carbocycles. The Labute approximate surface area is 157 Å². The van der Waals surface area contributed by atoms with E-state index in [-0.39, 0.29) is 19.3 Å². The van der Waals surface area contributed by atoms with Crippen molar-refractivity contribution in [1.29, 1.82) is 0 Å². The van der Waals surface area contributed by atoms with Gasteiger partial charge in [0.1, 0.15) is 12.1 Å². The number of benzene rings is 1. The number of alkyl halides is 3. The van der Waals surface area contributed by atoms with E-state index in [1.165, 1.54) is 0 Å². The minimum atomic E-state index is -5.08. The molecule has 28 heavy (non-hydrogen) atoms. The molecule has 0 saturated heterocycles. The van der Waals surface area contributed by atoms with Crippen molar-refractivity contribution >= 4 is 23.8 Å². The smallest absolute Gasteiger partial charge is 0.480 e. The van der Waals surface area contributed by atoms with Crippen molar-refractivity contribution < 1.29 is 47.7 Å². The van der Waals surface area contributed by atoms with Crippen molar-refractivity contribution in [3.8, 4) is 0 Å². The Morgan fingerprint density at radius 2 is 1.50 bits per heavy atom. The first-order chi connectivity index (χ1) is 12.8. The predicted octanol–water partition coefficient (Wildman–Crippen LogP) is 0.624. The molecule has 9 nitrogen and oxygen atoms in total. The number of carbonyl (C=O) groups excluding carboxylic acids is 1. The normalized spacial score (nSPS) is 12.7. The third kappa shape index (κ3) is 10.8. The second-order valence-electron chi connectivity index (χ2n) is 5.43. The lowest BCUT2D eigenvalue weighted by Gasteiger charge is -2.15. The Morgan fingerprint density at radius 3 is 1.89 bits per heavy atom. The van der Waals surface area contributed by atoms with Crippen molar-refractivity contribution in [1.82, 2.24) is 5.32 Å². The molecule has 1 aromatic carbocycles. The zero-order valence-corrected chi connectivity index (χ0v) is 14.3. The summed E-state index contributed by atoms with van der Waals surface area (Å²) in [6.07, 6.45) is -5.10. The average molecular weight is 408 g/mol. The lowest BCUT2D eigenvalue weighted by Crippen LogP contribution is -2.43. The molecule has 0 aliphatic carbocycles. The number of carbonyl (C=O) groups is 4. The summed E-state index contributed by atoms with van der Waals surface area (Å²) >= 11 is 0. The second-order valence-corrected chi connectivity index (χ2v) is 5.43. The Hall–Kier alpha value is -3.15. The summed E-state index contributed by atoms with van der Waals surface area (Å²) in [6, 6.07) is 6.72. The number of carboxylic acid groups (broad SMARTS) is 3. The lowest BCUT2D eigenvalue weighted by molar-refractivity contribution is -0.192. The third-order valence-electron chi connectivity index (χ3n) is 3.16. The molecule has 0 aliphatic rings. The van der Waals surface area contributed by atoms with E-state index in [0.29, 0.717) is 0 Å². The molecule has 1 aromatic rings. The van der Waals surface area contributed by atoms with Gasteiger partial charge in [0.2, 0.25) is 5.91 Å². The van der Waals surface area contributed by atoms with Crippen molar-refractivity contribution in [2.75, 3.05) is 0 Å². The Morgan fingerprint density at radius 1 is 1.00 bits per heavy atom. The quantitative estimate of drug-likeness (QED) is 0.417. The Balaban J connectivity index is 0.000000887. The van der Waals surface area contributed by atoms with Gasteiger partial charge >= 0.3 is 24.1 Å². The van der Waals surface area contributed by atoms with Crippen molar-refractivity contribution in [3.05, 3.63) is 35.9 Å². The third-order valence-corrected chi connectivity index (χ3v) is 3.16. The second kappa shape index (κ2) is 11.5. The number of nitrogens with two attached hydrogens (primary N) is 1. The highest BCUT2D eigenvalue weighted by Gasteiger charge is 2.38. The molecule has 2 atom stereocenters. The van der Waals surface area contributed by atoms with E-state index in [4.69, 9.17) is 25.8 Å². The average Bonchev–Trinajstić information content (AvgIpc) is 2.59. The van der Waals surface area contributed by atoms with Crippen LogP contribution in [-0.2, 0) is 25.6 Å². The molecular formula is C16H19F3N2O7. The van der Waals surface area contributed by atoms with Crippen LogP contribution in [0, 0.1) is 0 Å². The SMILES string of the molecule is NC(CCC(=O)NC(Cc1ccccc1)C(=O)O)C(=O)O.O=C(O)C(F)(F)F. The first-order valence-corrected chi connectivity index (χ1v) is 7.69. The molecule has 0 aromatic heterocycles. The topological polar surface area (TPSA) is 167 Å². The molecule has 1 amide bonds. The highest BCUT2D eigenvalue weighted by atomic mass is 19.4. The van der Waals surface area contributed by atoms with Gasteiger partial charge in [0.05, 0.1) is 0 Å². The van der Waals surface area contributed by atoms with E-state index >= 15 is 0 Å². The fourth-order valence-corrected chi connectivity index (χ4v) is 1.73. The largest absolute Gasteiger partial charge is 0.490 e. The van der Waals surface area contributed by atoms with Crippen molar-refractivity contribution in [2.24, 2.45) is 5.73 Å². The van der Waals surface area contributed by atoms with E-state index in [1.54, 1.807) is 24.3 Å². The number of halogens is 3. The van der Waals surface area contributed by atoms with Gasteiger partial charge in [-0.2, -0.15) is 13.2 Å². The van der Waals surface area contributed by atoms with E-state index in [2.05, 4.69) is 5.32 Å². The summed E-state index contributed by atoms with van der Waals surface area (Å²) in [6.45, 7) is 0. The summed E-state index contributed by atoms with van der Waals surface area (Å²) in [4.78, 5) is 42.2. The van der Waals surface area contributed by atoms with E-state index < -0.39 is 42.1 Å². The molecular weight excluding hydrogens is 389 g/mol. The summed E-state index contributed by atoms with van der Waals surface area (Å²) in [5.41, 5.74) is 6.07. The molecule has 0 heterocycles. The Kier molecular flexibility index (Phi) is 10.2. The molecule has 2 unspecified atom stereocenters. The van der Waals surface area contributed by atoms with Gasteiger partial charge in [-0.3, -0.25) is 9.59 Å². The standard InChI is InChI=1S/C14H18N2O5.C2HF3O2/c15-10(13(18)19)6-7-12(17)16-11(14(20)21)8-9-4-2-1-3-5-9;3-2(4,5)1(6)7/h1-5,10-11H,6-8,15H2,(H,16,17)(H,18,19)(H,20,21);(H,6,7). The summed E-state index contributed by atoms with van der Waals surface area (Å²) in [5.74, 6) is -5.63. The fraction of sp³-hybridized carbons (Fsp3) is 0.375. The van der Waals surface area contributed by atoms with Crippen LogP contribution in [0.4, 0.5) is 13.2 Å². The Bertz CT molecular complexity index is 681. The highest BCUT2D eigenvalue weighted by Crippen LogP contribution is 2.13. The minimum absolute atomic E-state index is 0.0428. The van der Waals surface area contributed by atoms with Crippen LogP contribution in [0.1, 0.15) is 18.4 Å². The van der Waals surface area contributed by atoms with Gasteiger partial charge in [-0.05, 0) is 12.0 Å². The maximum absolute atomic E-state index is 11.7. The van der Waals surface area contributed by atoms with Crippen LogP contribution in [0.2, 0.25) is 0 Å². The van der Waals surface area contributed by atoms with Crippen LogP contribution in [0.15, 0.2) is 30.3 Å². The lowest BCUT2D eigenvalue weighted by atomic mass is 10.1. The zero-order valence-electron chi connectivity index (χ0n) is 14.3. The highest BCUT2D eigenvalue weighted by molar-refractivity contribution is 5.84. The number of nitrogens with one attached hydrogen (secondary N) is 1. The summed E-state index contributed by atoms with van der Waals surface area (Å²) < 4.78 is 31.7. The number of carboxylic acids is 3. The van der Waals surface area contributed by atoms with Gasteiger partial charge in [0.25, 0.3) is 0 Å². The van der Waals surface area contributed by atoms with Crippen LogP contribution in [0.3, 0.4) is 0 Å². The molecule has 1 rings (SSSR count). The van der Waals surface area contributed by atoms with Crippen molar-refractivity contribution in [2.45, 2.75) is 37.5 Å². The van der Waals surface area contributed by atoms with Crippen molar-refractivity contribution in [3.63, 3.8) is 0 Å². The summed E-state index contributed by atoms with van der Waals surface area (Å²) in [5, 5.41) is 27.2. The summed E-state index contributed by atoms with van der Waals surface area (Å²) in [7, 11) is 0. The molecule has 6 N–H and O–H groups in total. The number of amides is 1. The predicted molar refractivity (Wildman–Crippen MR) is 88.2 cm³/mol. The fourth-order valence-electron chi connectivity index (χ4n) is 1.73. The molecule has 12 heteroatoms. The molecule has 156 valence electrons. The van der Waals surface area contributed by atoms with E-state index in [0.717, 1.165) is 5.56 Å². The van der Waals surface area contributed by atoms with Gasteiger partial charge in [-0.1, -0.05) is 30.3 Å². The van der Waals surface area contributed by atoms with E-state index in [1.807, 2.05) is 6.07 Å². The van der Waals surface area contributed by atoms with Gasteiger partial charge in [-0.25, -0.2) is 9.59 Å². The van der Waals surface area contributed by atoms with Crippen LogP contribution >= 0.6 is 0 Å². The first kappa shape index (κ1) is 24.8. The number of hydrogen-bond acceptors (Lipinski definition) is 5. The molecule has 0 aliphatic heterocycles. The number of hydrogen-bond donors (Lipinski definition) is 5. The first-order valence-electron chi connectivity index (χ1n) is 7.69. The van der Waals surface area contributed by atoms with Crippen LogP contribution in [0.25, 0.3) is 0 Å². The minimum Gasteiger partial charge on any atom is -0.480 e. The maximum Gasteiger partial charge on any atom is 0.490 e. The maximum atomic E-state index is 11.7. The number of aliphatic carboxylic acids is 3. The monoisotopic (exact) mass is 408 g/mol. The van der Waals surface area contributed by atoms with Gasteiger partial charge in [0.15, 0.2) is 0 Å². The molecule has 0 bridgehead atoms. The zero-order chi connectivity index (χ0) is 21.9. The van der Waals surface area contributed by atoms with Gasteiger partial charge in [0, 0.05) is 12.8 Å². The molecule has 0 fully saturated rings. The van der Waals surface area contributed by atoms with Gasteiger partial charge < -0.3 is 26.4 Å². The van der Waals surface area contributed by atoms with Gasteiger partial charge in [-0.15, -0.1) is 0 Å². The van der Waals surface area contributed by atoms with Crippen LogP contribution < -0.4 is 11.1 Å². The number of rotatable bonds is 8.